The van der Waals surface area contributed by atoms with Gasteiger partial charge in [0.25, 0.3) is 5.91 Å². The maximum atomic E-state index is 12.6. The van der Waals surface area contributed by atoms with E-state index < -0.39 is 6.10 Å². The summed E-state index contributed by atoms with van der Waals surface area (Å²) in [7, 11) is 0. The zero-order valence-electron chi connectivity index (χ0n) is 17.0. The maximum absolute atomic E-state index is 12.6. The molecule has 0 fully saturated rings. The quantitative estimate of drug-likeness (QED) is 0.723. The highest BCUT2D eigenvalue weighted by Crippen LogP contribution is 2.25. The largest absolute Gasteiger partial charge is 0.494 e. The van der Waals surface area contributed by atoms with Crippen LogP contribution in [0.25, 0.3) is 0 Å². The normalized spacial score (nSPS) is 12.3. The summed E-state index contributed by atoms with van der Waals surface area (Å²) in [6.07, 6.45) is 0.0738. The standard InChI is InChI=1S/C23H31NO3/c1-6-20(27-19-14-12-18(13-15-19)23(3,4)5)22(25)24-16-17-10-8-9-11-21(17)26-7-2/h8-15,20H,6-7,16H2,1-5H3,(H,24,25)/t20-/m0/s1. The summed E-state index contributed by atoms with van der Waals surface area (Å²) in [5, 5.41) is 2.96. The summed E-state index contributed by atoms with van der Waals surface area (Å²) in [6.45, 7) is 11.4. The van der Waals surface area contributed by atoms with Gasteiger partial charge in [0, 0.05) is 12.1 Å². The third kappa shape index (κ3) is 6.02. The van der Waals surface area contributed by atoms with Crippen LogP contribution in [0, 0.1) is 0 Å². The number of carbonyl (C=O) groups excluding carboxylic acids is 1. The topological polar surface area (TPSA) is 47.6 Å². The van der Waals surface area contributed by atoms with Crippen LogP contribution in [0.15, 0.2) is 48.5 Å². The van der Waals surface area contributed by atoms with E-state index >= 15 is 0 Å². The molecule has 1 atom stereocenters. The van der Waals surface area contributed by atoms with Crippen molar-refractivity contribution in [2.75, 3.05) is 6.61 Å². The average molecular weight is 370 g/mol. The molecule has 27 heavy (non-hydrogen) atoms. The lowest BCUT2D eigenvalue weighted by Crippen LogP contribution is -2.37. The van der Waals surface area contributed by atoms with Gasteiger partial charge in [-0.2, -0.15) is 0 Å². The Kier molecular flexibility index (Phi) is 7.28. The number of para-hydroxylation sites is 1. The van der Waals surface area contributed by atoms with Crippen LogP contribution in [-0.4, -0.2) is 18.6 Å². The van der Waals surface area contributed by atoms with Gasteiger partial charge in [0.15, 0.2) is 6.10 Å². The highest BCUT2D eigenvalue weighted by Gasteiger charge is 2.19. The molecule has 0 aliphatic heterocycles. The molecule has 0 heterocycles. The molecule has 4 nitrogen and oxygen atoms in total. The van der Waals surface area contributed by atoms with E-state index in [1.807, 2.05) is 50.2 Å². The predicted molar refractivity (Wildman–Crippen MR) is 109 cm³/mol. The summed E-state index contributed by atoms with van der Waals surface area (Å²) in [5.41, 5.74) is 2.28. The molecule has 1 amide bonds. The van der Waals surface area contributed by atoms with Gasteiger partial charge in [0.1, 0.15) is 11.5 Å². The molecule has 2 aromatic carbocycles. The molecular weight excluding hydrogens is 338 g/mol. The Morgan fingerprint density at radius 1 is 1.04 bits per heavy atom. The minimum atomic E-state index is -0.523. The van der Waals surface area contributed by atoms with Gasteiger partial charge in [-0.25, -0.2) is 0 Å². The van der Waals surface area contributed by atoms with Crippen molar-refractivity contribution in [3.8, 4) is 11.5 Å². The summed E-state index contributed by atoms with van der Waals surface area (Å²) >= 11 is 0. The van der Waals surface area contributed by atoms with Gasteiger partial charge in [-0.1, -0.05) is 58.0 Å². The van der Waals surface area contributed by atoms with Crippen LogP contribution in [0.5, 0.6) is 11.5 Å². The van der Waals surface area contributed by atoms with Crippen molar-refractivity contribution < 1.29 is 14.3 Å². The van der Waals surface area contributed by atoms with Crippen molar-refractivity contribution in [1.29, 1.82) is 0 Å². The number of hydrogen-bond donors (Lipinski definition) is 1. The van der Waals surface area contributed by atoms with Gasteiger partial charge < -0.3 is 14.8 Å². The summed E-state index contributed by atoms with van der Waals surface area (Å²) in [6, 6.07) is 15.7. The highest BCUT2D eigenvalue weighted by atomic mass is 16.5. The first-order valence-electron chi connectivity index (χ1n) is 9.60. The van der Waals surface area contributed by atoms with Crippen LogP contribution >= 0.6 is 0 Å². The fourth-order valence-corrected chi connectivity index (χ4v) is 2.76. The van der Waals surface area contributed by atoms with Crippen molar-refractivity contribution >= 4 is 5.91 Å². The van der Waals surface area contributed by atoms with Crippen molar-refractivity contribution in [3.63, 3.8) is 0 Å². The Morgan fingerprint density at radius 2 is 1.70 bits per heavy atom. The minimum Gasteiger partial charge on any atom is -0.494 e. The molecule has 2 rings (SSSR count). The lowest BCUT2D eigenvalue weighted by Gasteiger charge is -2.21. The van der Waals surface area contributed by atoms with Gasteiger partial charge in [-0.15, -0.1) is 0 Å². The molecular formula is C23H31NO3. The molecule has 2 aromatic rings. The maximum Gasteiger partial charge on any atom is 0.261 e. The Hall–Kier alpha value is -2.49. The number of rotatable bonds is 8. The number of amides is 1. The number of benzene rings is 2. The van der Waals surface area contributed by atoms with E-state index in [1.165, 1.54) is 5.56 Å². The van der Waals surface area contributed by atoms with Gasteiger partial charge >= 0.3 is 0 Å². The van der Waals surface area contributed by atoms with Gasteiger partial charge in [-0.3, -0.25) is 4.79 Å². The third-order valence-corrected chi connectivity index (χ3v) is 4.39. The number of nitrogens with one attached hydrogen (secondary N) is 1. The fraction of sp³-hybridized carbons (Fsp3) is 0.435. The monoisotopic (exact) mass is 369 g/mol. The number of carbonyl (C=O) groups is 1. The first-order chi connectivity index (χ1) is 12.8. The van der Waals surface area contributed by atoms with Gasteiger partial charge in [0.2, 0.25) is 0 Å². The summed E-state index contributed by atoms with van der Waals surface area (Å²) < 4.78 is 11.5. The molecule has 0 radical (unpaired) electrons. The van der Waals surface area contributed by atoms with Crippen LogP contribution in [0.3, 0.4) is 0 Å². The second-order valence-corrected chi connectivity index (χ2v) is 7.55. The van der Waals surface area contributed by atoms with E-state index in [0.29, 0.717) is 25.3 Å². The van der Waals surface area contributed by atoms with Crippen molar-refractivity contribution in [2.24, 2.45) is 0 Å². The molecule has 0 bridgehead atoms. The van der Waals surface area contributed by atoms with Crippen LogP contribution < -0.4 is 14.8 Å². The fourth-order valence-electron chi connectivity index (χ4n) is 2.76. The molecule has 0 saturated heterocycles. The molecule has 146 valence electrons. The first kappa shape index (κ1) is 20.8. The average Bonchev–Trinajstić information content (AvgIpc) is 2.65. The van der Waals surface area contributed by atoms with E-state index in [4.69, 9.17) is 9.47 Å². The second kappa shape index (κ2) is 9.45. The minimum absolute atomic E-state index is 0.0913. The molecule has 4 heteroatoms. The molecule has 1 N–H and O–H groups in total. The van der Waals surface area contributed by atoms with Crippen LogP contribution in [0.1, 0.15) is 52.2 Å². The summed E-state index contributed by atoms with van der Waals surface area (Å²) in [4.78, 5) is 12.6. The Balaban J connectivity index is 1.98. The second-order valence-electron chi connectivity index (χ2n) is 7.55. The molecule has 0 unspecified atom stereocenters. The molecule has 0 spiro atoms. The smallest absolute Gasteiger partial charge is 0.261 e. The highest BCUT2D eigenvalue weighted by molar-refractivity contribution is 5.81. The Labute approximate surface area is 162 Å². The van der Waals surface area contributed by atoms with Crippen molar-refractivity contribution in [1.82, 2.24) is 5.32 Å². The van der Waals surface area contributed by atoms with E-state index in [0.717, 1.165) is 11.3 Å². The van der Waals surface area contributed by atoms with Crippen molar-refractivity contribution in [2.45, 2.75) is 59.1 Å². The van der Waals surface area contributed by atoms with E-state index in [2.05, 4.69) is 38.2 Å². The van der Waals surface area contributed by atoms with Crippen molar-refractivity contribution in [3.05, 3.63) is 59.7 Å². The Bertz CT molecular complexity index is 732. The SMILES string of the molecule is CCOc1ccccc1CNC(=O)[C@H](CC)Oc1ccc(C(C)(C)C)cc1. The van der Waals surface area contributed by atoms with Crippen LogP contribution in [0.4, 0.5) is 0 Å². The van der Waals surface area contributed by atoms with E-state index in [1.54, 1.807) is 0 Å². The first-order valence-corrected chi connectivity index (χ1v) is 9.60. The lowest BCUT2D eigenvalue weighted by molar-refractivity contribution is -0.128. The lowest BCUT2D eigenvalue weighted by atomic mass is 9.87. The molecule has 0 saturated carbocycles. The predicted octanol–water partition coefficient (Wildman–Crippen LogP) is 4.86. The Morgan fingerprint density at radius 3 is 2.30 bits per heavy atom. The molecule has 0 aliphatic carbocycles. The van der Waals surface area contributed by atoms with E-state index in [9.17, 15) is 4.79 Å². The zero-order valence-corrected chi connectivity index (χ0v) is 17.0. The molecule has 0 aliphatic rings. The van der Waals surface area contributed by atoms with Gasteiger partial charge in [0.05, 0.1) is 6.61 Å². The number of ether oxygens (including phenoxy) is 2. The third-order valence-electron chi connectivity index (χ3n) is 4.39. The van der Waals surface area contributed by atoms with Crippen LogP contribution in [0.2, 0.25) is 0 Å². The molecule has 0 aromatic heterocycles. The van der Waals surface area contributed by atoms with E-state index in [-0.39, 0.29) is 11.3 Å². The number of hydrogen-bond acceptors (Lipinski definition) is 3. The van der Waals surface area contributed by atoms with Gasteiger partial charge in [-0.05, 0) is 42.5 Å². The van der Waals surface area contributed by atoms with Crippen LogP contribution in [-0.2, 0) is 16.8 Å². The summed E-state index contributed by atoms with van der Waals surface area (Å²) in [5.74, 6) is 1.38. The zero-order chi connectivity index (χ0) is 19.9.